The van der Waals surface area contributed by atoms with Crippen molar-refractivity contribution in [2.24, 2.45) is 0 Å². The molecule has 2 heterocycles. The molecule has 6 nitrogen and oxygen atoms in total. The van der Waals surface area contributed by atoms with E-state index in [1.54, 1.807) is 6.07 Å². The van der Waals surface area contributed by atoms with Crippen molar-refractivity contribution in [2.45, 2.75) is 84.1 Å². The number of alkyl halides is 3. The first-order chi connectivity index (χ1) is 14.5. The van der Waals surface area contributed by atoms with Gasteiger partial charge < -0.3 is 24.3 Å². The summed E-state index contributed by atoms with van der Waals surface area (Å²) in [4.78, 5) is 13.8. The van der Waals surface area contributed by atoms with E-state index in [2.05, 4.69) is 5.32 Å². The fourth-order valence-electron chi connectivity index (χ4n) is 3.60. The van der Waals surface area contributed by atoms with Crippen LogP contribution in [0.15, 0.2) is 18.2 Å². The van der Waals surface area contributed by atoms with Crippen LogP contribution in [0.1, 0.15) is 59.6 Å². The number of halogens is 3. The molecule has 2 saturated heterocycles. The van der Waals surface area contributed by atoms with E-state index < -0.39 is 36.1 Å². The highest BCUT2D eigenvalue weighted by atomic mass is 19.4. The molecule has 10 heteroatoms. The first kappa shape index (κ1) is 24.9. The average Bonchev–Trinajstić information content (AvgIpc) is 2.81. The fourth-order valence-corrected chi connectivity index (χ4v) is 3.60. The monoisotopic (exact) mass is 456 g/mol. The molecule has 1 aromatic carbocycles. The van der Waals surface area contributed by atoms with Gasteiger partial charge in [0.1, 0.15) is 0 Å². The van der Waals surface area contributed by atoms with Crippen molar-refractivity contribution in [3.8, 4) is 0 Å². The van der Waals surface area contributed by atoms with E-state index in [1.807, 2.05) is 48.5 Å². The normalized spacial score (nSPS) is 20.9. The van der Waals surface area contributed by atoms with Crippen LogP contribution in [0, 0.1) is 0 Å². The summed E-state index contributed by atoms with van der Waals surface area (Å²) in [7, 11) is -0.898. The van der Waals surface area contributed by atoms with Gasteiger partial charge in [0.2, 0.25) is 0 Å². The molecule has 0 atom stereocenters. The van der Waals surface area contributed by atoms with Crippen LogP contribution in [0.4, 0.5) is 18.0 Å². The van der Waals surface area contributed by atoms with Gasteiger partial charge >= 0.3 is 19.3 Å². The zero-order valence-corrected chi connectivity index (χ0v) is 19.7. The topological polar surface area (TPSA) is 60.0 Å². The minimum atomic E-state index is -4.58. The molecule has 0 spiro atoms. The van der Waals surface area contributed by atoms with E-state index in [9.17, 15) is 18.0 Å². The first-order valence-corrected chi connectivity index (χ1v) is 10.7. The number of amides is 2. The predicted molar refractivity (Wildman–Crippen MR) is 116 cm³/mol. The van der Waals surface area contributed by atoms with Crippen LogP contribution in [0.3, 0.4) is 0 Å². The number of rotatable bonds is 4. The lowest BCUT2D eigenvalue weighted by Gasteiger charge is -2.41. The molecule has 1 N–H and O–H groups in total. The number of urea groups is 1. The number of hydrogen-bond donors (Lipinski definition) is 1. The van der Waals surface area contributed by atoms with Gasteiger partial charge in [0.05, 0.1) is 41.6 Å². The fraction of sp³-hybridized carbons (Fsp3) is 0.682. The predicted octanol–water partition coefficient (Wildman–Crippen LogP) is 3.71. The summed E-state index contributed by atoms with van der Waals surface area (Å²) in [5.74, 6) is 0. The highest BCUT2D eigenvalue weighted by molar-refractivity contribution is 6.62. The van der Waals surface area contributed by atoms with Gasteiger partial charge in [-0.15, -0.1) is 0 Å². The lowest BCUT2D eigenvalue weighted by Crippen LogP contribution is -2.59. The number of nitrogens with zero attached hydrogens (tertiary/aromatic N) is 1. The van der Waals surface area contributed by atoms with Gasteiger partial charge in [0.15, 0.2) is 0 Å². The number of hydrogen-bond acceptors (Lipinski definition) is 4. The van der Waals surface area contributed by atoms with Crippen molar-refractivity contribution in [3.05, 3.63) is 29.3 Å². The summed E-state index contributed by atoms with van der Waals surface area (Å²) in [5, 5.41) is 2.58. The second kappa shape index (κ2) is 8.22. The first-order valence-electron chi connectivity index (χ1n) is 10.7. The van der Waals surface area contributed by atoms with Crippen molar-refractivity contribution >= 4 is 18.6 Å². The molecule has 0 bridgehead atoms. The van der Waals surface area contributed by atoms with Crippen molar-refractivity contribution in [1.29, 1.82) is 0 Å². The Morgan fingerprint density at radius 1 is 1.16 bits per heavy atom. The van der Waals surface area contributed by atoms with E-state index in [0.29, 0.717) is 13.1 Å². The molecular formula is C22H32BF3N2O4. The molecule has 0 aliphatic carbocycles. The number of likely N-dealkylation sites (tertiary alicyclic amines) is 1. The van der Waals surface area contributed by atoms with Gasteiger partial charge in [-0.25, -0.2) is 4.79 Å². The number of carbonyl (C=O) groups excluding carboxylic acids is 1. The standard InChI is InChI=1S/C22H32BF3N2O4/c1-19(2,3)30-16-12-28(13-16)18(29)27-11-14-8-9-15(10-17(14)22(24,25)26)23-31-20(4,5)21(6,7)32-23/h8-10,16H,11-13H2,1-7H3,(H,27,29). The smallest absolute Gasteiger partial charge is 0.399 e. The minimum Gasteiger partial charge on any atom is -0.399 e. The largest absolute Gasteiger partial charge is 0.494 e. The second-order valence-electron chi connectivity index (χ2n) is 10.4. The van der Waals surface area contributed by atoms with Crippen LogP contribution >= 0.6 is 0 Å². The molecule has 0 aromatic heterocycles. The summed E-state index contributed by atoms with van der Waals surface area (Å²) in [6.45, 7) is 13.8. The zero-order valence-electron chi connectivity index (χ0n) is 19.7. The van der Waals surface area contributed by atoms with Gasteiger partial charge in [-0.1, -0.05) is 12.1 Å². The Balaban J connectivity index is 1.67. The molecule has 178 valence electrons. The SMILES string of the molecule is CC(C)(C)OC1CN(C(=O)NCc2ccc(B3OC(C)(C)C(C)(C)O3)cc2C(F)(F)F)C1. The molecule has 3 rings (SSSR count). The van der Waals surface area contributed by atoms with Crippen molar-refractivity contribution in [3.63, 3.8) is 0 Å². The maximum absolute atomic E-state index is 13.8. The van der Waals surface area contributed by atoms with Crippen molar-refractivity contribution < 1.29 is 32.0 Å². The van der Waals surface area contributed by atoms with E-state index in [1.165, 1.54) is 11.0 Å². The third-order valence-electron chi connectivity index (χ3n) is 6.05. The molecular weight excluding hydrogens is 424 g/mol. The van der Waals surface area contributed by atoms with Crippen LogP contribution in [-0.4, -0.2) is 54.0 Å². The van der Waals surface area contributed by atoms with E-state index >= 15 is 0 Å². The molecule has 2 aliphatic heterocycles. The number of benzene rings is 1. The quantitative estimate of drug-likeness (QED) is 0.702. The lowest BCUT2D eigenvalue weighted by molar-refractivity contribution is -0.138. The number of nitrogens with one attached hydrogen (secondary N) is 1. The second-order valence-corrected chi connectivity index (χ2v) is 10.4. The number of ether oxygens (including phenoxy) is 1. The highest BCUT2D eigenvalue weighted by Crippen LogP contribution is 2.37. The van der Waals surface area contributed by atoms with E-state index in [4.69, 9.17) is 14.0 Å². The van der Waals surface area contributed by atoms with Gasteiger partial charge in [-0.2, -0.15) is 13.2 Å². The minimum absolute atomic E-state index is 0.0193. The summed E-state index contributed by atoms with van der Waals surface area (Å²) in [6.07, 6.45) is -4.65. The van der Waals surface area contributed by atoms with Gasteiger partial charge in [0, 0.05) is 6.54 Å². The van der Waals surface area contributed by atoms with Crippen LogP contribution in [0.2, 0.25) is 0 Å². The van der Waals surface area contributed by atoms with Gasteiger partial charge in [0.25, 0.3) is 0 Å². The average molecular weight is 456 g/mol. The van der Waals surface area contributed by atoms with E-state index in [-0.39, 0.29) is 29.3 Å². The molecule has 1 aromatic rings. The zero-order chi connectivity index (χ0) is 24.1. The maximum Gasteiger partial charge on any atom is 0.494 e. The van der Waals surface area contributed by atoms with Gasteiger partial charge in [-0.05, 0) is 65.6 Å². The summed E-state index contributed by atoms with van der Waals surface area (Å²) < 4.78 is 58.8. The molecule has 0 radical (unpaired) electrons. The third kappa shape index (κ3) is 5.40. The van der Waals surface area contributed by atoms with E-state index in [0.717, 1.165) is 6.07 Å². The molecule has 2 aliphatic rings. The Bertz CT molecular complexity index is 846. The Morgan fingerprint density at radius 3 is 2.22 bits per heavy atom. The maximum atomic E-state index is 13.8. The Kier molecular flexibility index (Phi) is 6.38. The summed E-state index contributed by atoms with van der Waals surface area (Å²) >= 11 is 0. The Hall–Kier alpha value is -1.78. The Morgan fingerprint density at radius 2 is 1.72 bits per heavy atom. The van der Waals surface area contributed by atoms with Crippen LogP contribution in [0.5, 0.6) is 0 Å². The molecule has 32 heavy (non-hydrogen) atoms. The molecule has 2 fully saturated rings. The molecule has 0 unspecified atom stereocenters. The summed E-state index contributed by atoms with van der Waals surface area (Å²) in [6, 6.07) is 3.54. The van der Waals surface area contributed by atoms with Crippen molar-refractivity contribution in [1.82, 2.24) is 10.2 Å². The van der Waals surface area contributed by atoms with Gasteiger partial charge in [-0.3, -0.25) is 0 Å². The molecule has 2 amide bonds. The molecule has 0 saturated carbocycles. The van der Waals surface area contributed by atoms with Crippen molar-refractivity contribution in [2.75, 3.05) is 13.1 Å². The number of carbonyl (C=O) groups is 1. The van der Waals surface area contributed by atoms with Crippen LogP contribution in [-0.2, 0) is 26.8 Å². The lowest BCUT2D eigenvalue weighted by atomic mass is 9.77. The Labute approximate surface area is 187 Å². The van der Waals surface area contributed by atoms with Crippen LogP contribution in [0.25, 0.3) is 0 Å². The third-order valence-corrected chi connectivity index (χ3v) is 6.05. The summed E-state index contributed by atoms with van der Waals surface area (Å²) in [5.41, 5.74) is -2.18. The highest BCUT2D eigenvalue weighted by Gasteiger charge is 2.52. The van der Waals surface area contributed by atoms with Crippen LogP contribution < -0.4 is 10.8 Å².